The molecule has 0 spiro atoms. The van der Waals surface area contributed by atoms with Crippen LogP contribution in [-0.2, 0) is 11.2 Å². The summed E-state index contributed by atoms with van der Waals surface area (Å²) in [5, 5.41) is 18.8. The van der Waals surface area contributed by atoms with E-state index in [1.807, 2.05) is 53.1 Å². The summed E-state index contributed by atoms with van der Waals surface area (Å²) in [5.41, 5.74) is 5.12. The van der Waals surface area contributed by atoms with E-state index in [0.717, 1.165) is 22.6 Å². The molecule has 0 atom stereocenters. The van der Waals surface area contributed by atoms with Gasteiger partial charge >= 0.3 is 0 Å². The Bertz CT molecular complexity index is 1310. The second-order valence-corrected chi connectivity index (χ2v) is 8.89. The Morgan fingerprint density at radius 3 is 2.38 bits per heavy atom. The summed E-state index contributed by atoms with van der Waals surface area (Å²) in [7, 11) is 0. The van der Waals surface area contributed by atoms with Gasteiger partial charge in [0.2, 0.25) is 5.91 Å². The number of thioether (sulfide) groups is 1. The molecule has 0 fully saturated rings. The Hall–Kier alpha value is -3.89. The molecule has 7 heteroatoms. The molecule has 1 aromatic heterocycles. The molecule has 0 bridgehead atoms. The average molecular weight is 468 g/mol. The third-order valence-corrected chi connectivity index (χ3v) is 6.33. The summed E-state index contributed by atoms with van der Waals surface area (Å²) in [5.74, 6) is 0.799. The Morgan fingerprint density at radius 1 is 1.00 bits per heavy atom. The van der Waals surface area contributed by atoms with Crippen LogP contribution in [0.3, 0.4) is 0 Å². The summed E-state index contributed by atoms with van der Waals surface area (Å²) in [6.45, 7) is 4.13. The van der Waals surface area contributed by atoms with E-state index in [2.05, 4.69) is 60.4 Å². The smallest absolute Gasteiger partial charge is 0.238 e. The summed E-state index contributed by atoms with van der Waals surface area (Å²) in [4.78, 5) is 14.6. The zero-order chi connectivity index (χ0) is 23.9. The van der Waals surface area contributed by atoms with Crippen LogP contribution in [0.25, 0.3) is 5.69 Å². The van der Waals surface area contributed by atoms with Crippen LogP contribution in [0.4, 0.5) is 5.69 Å². The molecule has 0 saturated carbocycles. The van der Waals surface area contributed by atoms with E-state index in [0.29, 0.717) is 17.3 Å². The maximum atomic E-state index is 13.1. The average Bonchev–Trinajstić information content (AvgIpc) is 3.24. The molecule has 0 N–H and O–H groups in total. The van der Waals surface area contributed by atoms with Crippen molar-refractivity contribution in [3.05, 3.63) is 101 Å². The molecule has 1 heterocycles. The number of aryl methyl sites for hydroxylation is 2. The summed E-state index contributed by atoms with van der Waals surface area (Å²) < 4.78 is 2.04. The van der Waals surface area contributed by atoms with Crippen LogP contribution in [0.1, 0.15) is 22.5 Å². The van der Waals surface area contributed by atoms with E-state index in [1.54, 1.807) is 0 Å². The number of nitriles is 1. The molecule has 4 aromatic rings. The minimum Gasteiger partial charge on any atom is -0.298 e. The second-order valence-electron chi connectivity index (χ2n) is 7.95. The summed E-state index contributed by atoms with van der Waals surface area (Å²) in [6, 6.07) is 27.7. The van der Waals surface area contributed by atoms with Crippen molar-refractivity contribution < 1.29 is 4.79 Å². The first-order chi connectivity index (χ1) is 16.6. The SMILES string of the molecule is Cc1ccc(-n2c(Cc3ccccc3)nnc2SCC(=O)N(CC#N)c2ccccc2)c(C)c1. The number of nitrogens with zero attached hydrogens (tertiary/aromatic N) is 5. The van der Waals surface area contributed by atoms with Gasteiger partial charge in [-0.15, -0.1) is 10.2 Å². The highest BCUT2D eigenvalue weighted by Gasteiger charge is 2.20. The van der Waals surface area contributed by atoms with Crippen molar-refractivity contribution in [1.82, 2.24) is 14.8 Å². The van der Waals surface area contributed by atoms with E-state index >= 15 is 0 Å². The van der Waals surface area contributed by atoms with E-state index in [-0.39, 0.29) is 18.2 Å². The van der Waals surface area contributed by atoms with E-state index < -0.39 is 0 Å². The van der Waals surface area contributed by atoms with Crippen molar-refractivity contribution in [2.45, 2.75) is 25.4 Å². The molecule has 170 valence electrons. The number of aromatic nitrogens is 3. The van der Waals surface area contributed by atoms with Crippen LogP contribution < -0.4 is 4.90 Å². The van der Waals surface area contributed by atoms with Crippen LogP contribution in [0, 0.1) is 25.2 Å². The summed E-state index contributed by atoms with van der Waals surface area (Å²) >= 11 is 1.33. The lowest BCUT2D eigenvalue weighted by Crippen LogP contribution is -2.32. The molecule has 0 aliphatic carbocycles. The van der Waals surface area contributed by atoms with Gasteiger partial charge in [0.15, 0.2) is 5.16 Å². The van der Waals surface area contributed by atoms with Gasteiger partial charge in [0, 0.05) is 12.1 Å². The summed E-state index contributed by atoms with van der Waals surface area (Å²) in [6.07, 6.45) is 0.625. The molecular weight excluding hydrogens is 442 g/mol. The first kappa shape index (κ1) is 23.3. The molecule has 0 saturated heterocycles. The zero-order valence-corrected chi connectivity index (χ0v) is 20.0. The normalized spacial score (nSPS) is 10.6. The number of amides is 1. The Kier molecular flexibility index (Phi) is 7.41. The largest absolute Gasteiger partial charge is 0.298 e. The Balaban J connectivity index is 1.63. The fraction of sp³-hybridized carbons (Fsp3) is 0.185. The fourth-order valence-electron chi connectivity index (χ4n) is 3.79. The lowest BCUT2D eigenvalue weighted by Gasteiger charge is -2.19. The number of benzene rings is 3. The highest BCUT2D eigenvalue weighted by atomic mass is 32.2. The molecule has 0 aliphatic heterocycles. The van der Waals surface area contributed by atoms with Gasteiger partial charge in [-0.3, -0.25) is 14.3 Å². The van der Waals surface area contributed by atoms with Gasteiger partial charge in [0.25, 0.3) is 0 Å². The van der Waals surface area contributed by atoms with Crippen LogP contribution in [0.2, 0.25) is 0 Å². The van der Waals surface area contributed by atoms with Crippen LogP contribution >= 0.6 is 11.8 Å². The van der Waals surface area contributed by atoms with Crippen molar-refractivity contribution in [2.75, 3.05) is 17.2 Å². The third-order valence-electron chi connectivity index (χ3n) is 5.42. The van der Waals surface area contributed by atoms with Crippen molar-refractivity contribution in [1.29, 1.82) is 5.26 Å². The predicted octanol–water partition coefficient (Wildman–Crippen LogP) is 5.12. The first-order valence-electron chi connectivity index (χ1n) is 11.0. The number of para-hydroxylation sites is 1. The van der Waals surface area contributed by atoms with E-state index in [9.17, 15) is 10.1 Å². The quantitative estimate of drug-likeness (QED) is 0.265. The highest BCUT2D eigenvalue weighted by molar-refractivity contribution is 7.99. The Morgan fingerprint density at radius 2 is 1.71 bits per heavy atom. The van der Waals surface area contributed by atoms with E-state index in [4.69, 9.17) is 0 Å². The monoisotopic (exact) mass is 467 g/mol. The molecule has 34 heavy (non-hydrogen) atoms. The fourth-order valence-corrected chi connectivity index (χ4v) is 4.63. The molecule has 1 amide bonds. The van der Waals surface area contributed by atoms with Gasteiger partial charge in [-0.05, 0) is 43.2 Å². The van der Waals surface area contributed by atoms with Gasteiger partial charge in [-0.1, -0.05) is 78.0 Å². The van der Waals surface area contributed by atoms with Crippen molar-refractivity contribution in [3.63, 3.8) is 0 Å². The number of hydrogen-bond donors (Lipinski definition) is 0. The second kappa shape index (κ2) is 10.8. The molecule has 0 aliphatic rings. The maximum Gasteiger partial charge on any atom is 0.238 e. The topological polar surface area (TPSA) is 74.8 Å². The molecule has 6 nitrogen and oxygen atoms in total. The third kappa shape index (κ3) is 5.36. The van der Waals surface area contributed by atoms with Gasteiger partial charge in [0.05, 0.1) is 17.5 Å². The van der Waals surface area contributed by atoms with E-state index in [1.165, 1.54) is 22.2 Å². The number of hydrogen-bond acceptors (Lipinski definition) is 5. The van der Waals surface area contributed by atoms with Crippen LogP contribution in [0.15, 0.2) is 84.0 Å². The van der Waals surface area contributed by atoms with Crippen molar-refractivity contribution >= 4 is 23.4 Å². The first-order valence-corrected chi connectivity index (χ1v) is 12.0. The molecule has 0 radical (unpaired) electrons. The van der Waals surface area contributed by atoms with Gasteiger partial charge < -0.3 is 0 Å². The Labute approximate surface area is 203 Å². The van der Waals surface area contributed by atoms with Gasteiger partial charge in [0.1, 0.15) is 12.4 Å². The van der Waals surface area contributed by atoms with Gasteiger partial charge in [-0.25, -0.2) is 0 Å². The predicted molar refractivity (Wildman–Crippen MR) is 135 cm³/mol. The van der Waals surface area contributed by atoms with Gasteiger partial charge in [-0.2, -0.15) is 5.26 Å². The molecule has 0 unspecified atom stereocenters. The lowest BCUT2D eigenvalue weighted by atomic mass is 10.1. The highest BCUT2D eigenvalue weighted by Crippen LogP contribution is 2.27. The number of anilines is 1. The molecule has 3 aromatic carbocycles. The minimum absolute atomic E-state index is 0.00752. The molecule has 4 rings (SSSR count). The maximum absolute atomic E-state index is 13.1. The lowest BCUT2D eigenvalue weighted by molar-refractivity contribution is -0.116. The van der Waals surface area contributed by atoms with Crippen molar-refractivity contribution in [2.24, 2.45) is 0 Å². The zero-order valence-electron chi connectivity index (χ0n) is 19.2. The minimum atomic E-state index is -0.155. The molecular formula is C27H25N5OS. The van der Waals surface area contributed by atoms with Crippen LogP contribution in [0.5, 0.6) is 0 Å². The number of carbonyl (C=O) groups excluding carboxylic acids is 1. The number of carbonyl (C=O) groups is 1. The van der Waals surface area contributed by atoms with Crippen LogP contribution in [-0.4, -0.2) is 33.0 Å². The standard InChI is InChI=1S/C27H25N5OS/c1-20-13-14-24(21(2)17-20)32-25(18-22-9-5-3-6-10-22)29-30-27(32)34-19-26(33)31(16-15-28)23-11-7-4-8-12-23/h3-14,17H,16,18-19H2,1-2H3. The number of rotatable bonds is 8. The van der Waals surface area contributed by atoms with Crippen molar-refractivity contribution in [3.8, 4) is 11.8 Å².